The summed E-state index contributed by atoms with van der Waals surface area (Å²) in [4.78, 5) is 17.1. The van der Waals surface area contributed by atoms with Gasteiger partial charge in [-0.2, -0.15) is 0 Å². The predicted molar refractivity (Wildman–Crippen MR) is 126 cm³/mol. The van der Waals surface area contributed by atoms with Crippen molar-refractivity contribution in [1.29, 1.82) is 0 Å². The molecule has 4 aromatic rings. The molecule has 0 fully saturated rings. The fourth-order valence-electron chi connectivity index (χ4n) is 3.95. The molecule has 164 valence electrons. The Labute approximate surface area is 187 Å². The van der Waals surface area contributed by atoms with Crippen LogP contribution in [0.2, 0.25) is 0 Å². The summed E-state index contributed by atoms with van der Waals surface area (Å²) >= 11 is 0. The normalized spacial score (nSPS) is 12.7. The molecule has 6 nitrogen and oxygen atoms in total. The fraction of sp³-hybridized carbons (Fsp3) is 0.160. The zero-order chi connectivity index (χ0) is 22.7. The Morgan fingerprint density at radius 2 is 1.62 bits per heavy atom. The lowest BCUT2D eigenvalue weighted by atomic mass is 9.95. The van der Waals surface area contributed by atoms with Gasteiger partial charge in [-0.3, -0.25) is 4.79 Å². The molecule has 7 heteroatoms. The van der Waals surface area contributed by atoms with Gasteiger partial charge in [0.1, 0.15) is 0 Å². The highest BCUT2D eigenvalue weighted by molar-refractivity contribution is 7.89. The van der Waals surface area contributed by atoms with Gasteiger partial charge in [-0.05, 0) is 42.7 Å². The smallest absolute Gasteiger partial charge is 0.238 e. The highest BCUT2D eigenvalue weighted by atomic mass is 32.2. The molecule has 1 aromatic heterocycles. The Hall–Kier alpha value is -3.26. The molecule has 4 N–H and O–H groups in total. The Bertz CT molecular complexity index is 1340. The SMILES string of the molecule is Cc1[nH]c2ccccc2c1C(=O)[C@@H](NCCc1ccc(S(N)(=O)=O)cc1)c1ccccc1. The van der Waals surface area contributed by atoms with Gasteiger partial charge in [0, 0.05) is 28.7 Å². The van der Waals surface area contributed by atoms with Gasteiger partial charge in [0.05, 0.1) is 10.9 Å². The molecule has 1 atom stereocenters. The maximum Gasteiger partial charge on any atom is 0.238 e. The second kappa shape index (κ2) is 9.08. The van der Waals surface area contributed by atoms with E-state index in [1.54, 1.807) is 12.1 Å². The van der Waals surface area contributed by atoms with E-state index in [1.165, 1.54) is 12.1 Å². The number of sulfonamides is 1. The van der Waals surface area contributed by atoms with Crippen LogP contribution in [0, 0.1) is 6.92 Å². The number of H-pyrrole nitrogens is 1. The molecule has 0 saturated carbocycles. The lowest BCUT2D eigenvalue weighted by Gasteiger charge is -2.19. The highest BCUT2D eigenvalue weighted by Gasteiger charge is 2.25. The third-order valence-electron chi connectivity index (χ3n) is 5.55. The minimum atomic E-state index is -3.71. The molecule has 0 amide bonds. The Kier molecular flexibility index (Phi) is 6.23. The van der Waals surface area contributed by atoms with E-state index in [0.717, 1.165) is 27.7 Å². The summed E-state index contributed by atoms with van der Waals surface area (Å²) in [5.74, 6) is 0.00993. The van der Waals surface area contributed by atoms with E-state index in [1.807, 2.05) is 61.5 Å². The number of para-hydroxylation sites is 1. The van der Waals surface area contributed by atoms with Gasteiger partial charge >= 0.3 is 0 Å². The summed E-state index contributed by atoms with van der Waals surface area (Å²) in [7, 11) is -3.71. The number of nitrogens with two attached hydrogens (primary N) is 1. The quantitative estimate of drug-likeness (QED) is 0.357. The third kappa shape index (κ3) is 4.65. The molecule has 0 bridgehead atoms. The Morgan fingerprint density at radius 1 is 0.969 bits per heavy atom. The molecule has 0 aliphatic heterocycles. The average molecular weight is 448 g/mol. The van der Waals surface area contributed by atoms with Gasteiger partial charge in [-0.25, -0.2) is 13.6 Å². The number of carbonyl (C=O) groups excluding carboxylic acids is 1. The number of Topliss-reactive ketones (excluding diaryl/α,β-unsaturated/α-hetero) is 1. The number of hydrogen-bond donors (Lipinski definition) is 3. The van der Waals surface area contributed by atoms with Crippen molar-refractivity contribution >= 4 is 26.7 Å². The van der Waals surface area contributed by atoms with Crippen molar-refractivity contribution in [1.82, 2.24) is 10.3 Å². The second-order valence-electron chi connectivity index (χ2n) is 7.77. The summed E-state index contributed by atoms with van der Waals surface area (Å²) in [5, 5.41) is 9.48. The van der Waals surface area contributed by atoms with Crippen molar-refractivity contribution in [3.05, 3.63) is 101 Å². The molecule has 3 aromatic carbocycles. The van der Waals surface area contributed by atoms with E-state index >= 15 is 0 Å². The maximum absolute atomic E-state index is 13.7. The molecule has 0 unspecified atom stereocenters. The molecular weight excluding hydrogens is 422 g/mol. The monoisotopic (exact) mass is 447 g/mol. The number of aromatic amines is 1. The largest absolute Gasteiger partial charge is 0.358 e. The second-order valence-corrected chi connectivity index (χ2v) is 9.33. The molecule has 32 heavy (non-hydrogen) atoms. The number of aryl methyl sites for hydroxylation is 1. The zero-order valence-corrected chi connectivity index (χ0v) is 18.5. The third-order valence-corrected chi connectivity index (χ3v) is 6.48. The number of rotatable bonds is 8. The van der Waals surface area contributed by atoms with Crippen LogP contribution >= 0.6 is 0 Å². The van der Waals surface area contributed by atoms with Crippen molar-refractivity contribution in [2.45, 2.75) is 24.3 Å². The summed E-state index contributed by atoms with van der Waals surface area (Å²) in [5.41, 5.74) is 4.33. The first-order valence-corrected chi connectivity index (χ1v) is 11.9. The van der Waals surface area contributed by atoms with Crippen LogP contribution in [0.4, 0.5) is 0 Å². The maximum atomic E-state index is 13.7. The van der Waals surface area contributed by atoms with E-state index in [9.17, 15) is 13.2 Å². The van der Waals surface area contributed by atoms with Crippen LogP contribution in [0.15, 0.2) is 83.8 Å². The Morgan fingerprint density at radius 3 is 2.31 bits per heavy atom. The summed E-state index contributed by atoms with van der Waals surface area (Å²) in [6.07, 6.45) is 0.633. The van der Waals surface area contributed by atoms with Gasteiger partial charge in [-0.15, -0.1) is 0 Å². The minimum Gasteiger partial charge on any atom is -0.358 e. The molecule has 0 radical (unpaired) electrons. The topological polar surface area (TPSA) is 105 Å². The van der Waals surface area contributed by atoms with E-state index in [-0.39, 0.29) is 10.7 Å². The zero-order valence-electron chi connectivity index (χ0n) is 17.7. The van der Waals surface area contributed by atoms with Crippen molar-refractivity contribution in [2.24, 2.45) is 5.14 Å². The minimum absolute atomic E-state index is 0.00993. The molecular formula is C25H25N3O3S. The summed E-state index contributed by atoms with van der Waals surface area (Å²) < 4.78 is 22.9. The van der Waals surface area contributed by atoms with E-state index in [2.05, 4.69) is 10.3 Å². The van der Waals surface area contributed by atoms with E-state index in [0.29, 0.717) is 18.5 Å². The fourth-order valence-corrected chi connectivity index (χ4v) is 4.47. The Balaban J connectivity index is 1.56. The first-order valence-electron chi connectivity index (χ1n) is 10.4. The lowest BCUT2D eigenvalue weighted by Crippen LogP contribution is -2.30. The number of nitrogens with one attached hydrogen (secondary N) is 2. The van der Waals surface area contributed by atoms with E-state index < -0.39 is 16.1 Å². The highest BCUT2D eigenvalue weighted by Crippen LogP contribution is 2.27. The lowest BCUT2D eigenvalue weighted by molar-refractivity contribution is 0.0944. The van der Waals surface area contributed by atoms with Crippen LogP contribution in [0.1, 0.15) is 33.2 Å². The summed E-state index contributed by atoms with van der Waals surface area (Å²) in [6, 6.07) is 23.4. The van der Waals surface area contributed by atoms with Gasteiger partial charge in [0.2, 0.25) is 10.0 Å². The van der Waals surface area contributed by atoms with Crippen LogP contribution in [0.5, 0.6) is 0 Å². The standard InChI is InChI=1S/C25H25N3O3S/c1-17-23(21-9-5-6-10-22(21)28-17)25(29)24(19-7-3-2-4-8-19)27-16-15-18-11-13-20(14-12-18)32(26,30)31/h2-14,24,27-28H,15-16H2,1H3,(H2,26,30,31)/t24-/m0/s1. The van der Waals surface area contributed by atoms with Crippen LogP contribution < -0.4 is 10.5 Å². The molecule has 0 aliphatic carbocycles. The molecule has 1 heterocycles. The van der Waals surface area contributed by atoms with Gasteiger partial charge in [0.25, 0.3) is 0 Å². The van der Waals surface area contributed by atoms with Crippen LogP contribution in [0.25, 0.3) is 10.9 Å². The first kappa shape index (κ1) is 22.0. The molecule has 0 saturated heterocycles. The number of carbonyl (C=O) groups is 1. The predicted octanol–water partition coefficient (Wildman–Crippen LogP) is 3.88. The number of aromatic nitrogens is 1. The van der Waals surface area contributed by atoms with Crippen LogP contribution in [0.3, 0.4) is 0 Å². The van der Waals surface area contributed by atoms with E-state index in [4.69, 9.17) is 5.14 Å². The van der Waals surface area contributed by atoms with Crippen molar-refractivity contribution < 1.29 is 13.2 Å². The van der Waals surface area contributed by atoms with Crippen molar-refractivity contribution in [3.8, 4) is 0 Å². The van der Waals surface area contributed by atoms with Gasteiger partial charge in [0.15, 0.2) is 5.78 Å². The molecule has 0 aliphatic rings. The molecule has 4 rings (SSSR count). The average Bonchev–Trinajstić information content (AvgIpc) is 3.12. The number of benzene rings is 3. The number of hydrogen-bond acceptors (Lipinski definition) is 4. The first-order chi connectivity index (χ1) is 15.3. The van der Waals surface area contributed by atoms with Crippen LogP contribution in [-0.4, -0.2) is 25.7 Å². The van der Waals surface area contributed by atoms with Crippen molar-refractivity contribution in [2.75, 3.05) is 6.54 Å². The summed E-state index contributed by atoms with van der Waals surface area (Å²) in [6.45, 7) is 2.46. The van der Waals surface area contributed by atoms with Gasteiger partial charge < -0.3 is 10.3 Å². The number of fused-ring (bicyclic) bond motifs is 1. The number of ketones is 1. The van der Waals surface area contributed by atoms with Crippen LogP contribution in [-0.2, 0) is 16.4 Å². The van der Waals surface area contributed by atoms with Crippen molar-refractivity contribution in [3.63, 3.8) is 0 Å². The van der Waals surface area contributed by atoms with Gasteiger partial charge in [-0.1, -0.05) is 60.7 Å². The molecule has 0 spiro atoms. The number of primary sulfonamides is 1.